The Balaban J connectivity index is 1.96. The number of anilines is 2. The number of methoxy groups -OCH3 is 1. The maximum absolute atomic E-state index is 5.41. The summed E-state index contributed by atoms with van der Waals surface area (Å²) in [5, 5.41) is 3.32. The van der Waals surface area contributed by atoms with Gasteiger partial charge < -0.3 is 15.5 Å². The molecule has 112 valence electrons. The molecule has 0 spiro atoms. The van der Waals surface area contributed by atoms with Crippen molar-refractivity contribution >= 4 is 11.6 Å². The molecule has 20 heavy (non-hydrogen) atoms. The molecule has 1 aromatic heterocycles. The molecule has 2 rings (SSSR count). The van der Waals surface area contributed by atoms with Crippen molar-refractivity contribution in [1.82, 2.24) is 14.9 Å². The molecule has 0 saturated carbocycles. The zero-order valence-electron chi connectivity index (χ0n) is 12.2. The van der Waals surface area contributed by atoms with Crippen molar-refractivity contribution in [2.45, 2.75) is 32.2 Å². The van der Waals surface area contributed by atoms with E-state index >= 15 is 0 Å². The first-order valence-electron chi connectivity index (χ1n) is 7.09. The third-order valence-electron chi connectivity index (χ3n) is 3.72. The topological polar surface area (TPSA) is 88.3 Å². The highest BCUT2D eigenvalue weighted by Gasteiger charge is 2.18. The standard InChI is InChI=1S/C13H24N6O/c1-10(19-6-4-3-5-7-19)8-15-12-11(20-2)13(18-14)17-9-16-12/h9-10H,3-8,14H2,1-2H3,(H2,15,16,17,18). The lowest BCUT2D eigenvalue weighted by Crippen LogP contribution is -2.41. The van der Waals surface area contributed by atoms with Crippen LogP contribution in [-0.2, 0) is 0 Å². The minimum absolute atomic E-state index is 0.462. The molecule has 0 radical (unpaired) electrons. The fraction of sp³-hybridized carbons (Fsp3) is 0.692. The van der Waals surface area contributed by atoms with Gasteiger partial charge in [-0.2, -0.15) is 0 Å². The van der Waals surface area contributed by atoms with E-state index in [1.54, 1.807) is 7.11 Å². The molecule has 1 aromatic rings. The largest absolute Gasteiger partial charge is 0.490 e. The Morgan fingerprint density at radius 1 is 1.30 bits per heavy atom. The molecule has 1 aliphatic heterocycles. The van der Waals surface area contributed by atoms with Crippen molar-refractivity contribution in [3.63, 3.8) is 0 Å². The van der Waals surface area contributed by atoms with E-state index in [1.165, 1.54) is 38.7 Å². The number of aromatic nitrogens is 2. The van der Waals surface area contributed by atoms with E-state index in [0.29, 0.717) is 23.4 Å². The van der Waals surface area contributed by atoms with Gasteiger partial charge in [0.25, 0.3) is 0 Å². The van der Waals surface area contributed by atoms with E-state index in [4.69, 9.17) is 10.6 Å². The first-order valence-corrected chi connectivity index (χ1v) is 7.09. The summed E-state index contributed by atoms with van der Waals surface area (Å²) in [6.07, 6.45) is 5.40. The Bertz CT molecular complexity index is 421. The summed E-state index contributed by atoms with van der Waals surface area (Å²) >= 11 is 0. The average molecular weight is 280 g/mol. The molecule has 7 heteroatoms. The molecule has 2 heterocycles. The minimum atomic E-state index is 0.462. The van der Waals surface area contributed by atoms with Crippen LogP contribution in [0.5, 0.6) is 5.75 Å². The highest BCUT2D eigenvalue weighted by Crippen LogP contribution is 2.28. The third kappa shape index (κ3) is 3.49. The number of nitrogens with two attached hydrogens (primary N) is 1. The molecule has 0 aliphatic carbocycles. The highest BCUT2D eigenvalue weighted by atomic mass is 16.5. The number of hydrazine groups is 1. The number of nitrogens with one attached hydrogen (secondary N) is 2. The number of nitrogens with zero attached hydrogens (tertiary/aromatic N) is 3. The highest BCUT2D eigenvalue weighted by molar-refractivity contribution is 5.63. The number of hydrogen-bond acceptors (Lipinski definition) is 7. The van der Waals surface area contributed by atoms with Crippen LogP contribution in [0, 0.1) is 0 Å². The molecule has 4 N–H and O–H groups in total. The van der Waals surface area contributed by atoms with E-state index in [9.17, 15) is 0 Å². The van der Waals surface area contributed by atoms with Crippen molar-refractivity contribution in [2.24, 2.45) is 5.84 Å². The smallest absolute Gasteiger partial charge is 0.205 e. The summed E-state index contributed by atoms with van der Waals surface area (Å²) in [6, 6.07) is 0.462. The predicted molar refractivity (Wildman–Crippen MR) is 79.8 cm³/mol. The normalized spacial score (nSPS) is 17.6. The molecule has 1 atom stereocenters. The maximum atomic E-state index is 5.41. The lowest BCUT2D eigenvalue weighted by atomic mass is 10.1. The van der Waals surface area contributed by atoms with E-state index in [-0.39, 0.29) is 0 Å². The van der Waals surface area contributed by atoms with Crippen molar-refractivity contribution in [3.05, 3.63) is 6.33 Å². The average Bonchev–Trinajstić information content (AvgIpc) is 2.52. The second-order valence-corrected chi connectivity index (χ2v) is 5.08. The minimum Gasteiger partial charge on any atom is -0.490 e. The van der Waals surface area contributed by atoms with Gasteiger partial charge in [-0.15, -0.1) is 0 Å². The summed E-state index contributed by atoms with van der Waals surface area (Å²) < 4.78 is 5.30. The molecule has 1 fully saturated rings. The van der Waals surface area contributed by atoms with Crippen LogP contribution in [0.15, 0.2) is 6.33 Å². The number of nitrogen functional groups attached to an aromatic ring is 1. The number of hydrogen-bond donors (Lipinski definition) is 3. The molecule has 7 nitrogen and oxygen atoms in total. The van der Waals surface area contributed by atoms with Gasteiger partial charge >= 0.3 is 0 Å². The summed E-state index contributed by atoms with van der Waals surface area (Å²) in [5.74, 6) is 7.10. The second-order valence-electron chi connectivity index (χ2n) is 5.08. The Kier molecular flexibility index (Phi) is 5.37. The summed E-state index contributed by atoms with van der Waals surface area (Å²) in [4.78, 5) is 10.7. The van der Waals surface area contributed by atoms with Crippen LogP contribution >= 0.6 is 0 Å². The zero-order chi connectivity index (χ0) is 14.4. The SMILES string of the molecule is COc1c(NN)ncnc1NCC(C)N1CCCCC1. The molecule has 1 aliphatic rings. The van der Waals surface area contributed by atoms with E-state index in [1.807, 2.05) is 0 Å². The monoisotopic (exact) mass is 280 g/mol. The molecule has 0 bridgehead atoms. The van der Waals surface area contributed by atoms with Crippen LogP contribution in [0.3, 0.4) is 0 Å². The van der Waals surface area contributed by atoms with Gasteiger partial charge in [-0.1, -0.05) is 6.42 Å². The first-order chi connectivity index (χ1) is 9.76. The van der Waals surface area contributed by atoms with Crippen molar-refractivity contribution in [3.8, 4) is 5.75 Å². The first kappa shape index (κ1) is 14.8. The van der Waals surface area contributed by atoms with E-state index < -0.39 is 0 Å². The summed E-state index contributed by atoms with van der Waals surface area (Å²) in [7, 11) is 1.58. The maximum Gasteiger partial charge on any atom is 0.205 e. The van der Waals surface area contributed by atoms with Crippen LogP contribution in [0.2, 0.25) is 0 Å². The van der Waals surface area contributed by atoms with Crippen LogP contribution in [0.25, 0.3) is 0 Å². The predicted octanol–water partition coefficient (Wildman–Crippen LogP) is 1.06. The summed E-state index contributed by atoms with van der Waals surface area (Å²) in [6.45, 7) is 5.41. The number of piperidine rings is 1. The van der Waals surface area contributed by atoms with E-state index in [0.717, 1.165) is 6.54 Å². The number of rotatable bonds is 6. The van der Waals surface area contributed by atoms with Crippen LogP contribution < -0.4 is 21.3 Å². The fourth-order valence-corrected chi connectivity index (χ4v) is 2.53. The van der Waals surface area contributed by atoms with E-state index in [2.05, 4.69) is 32.5 Å². The van der Waals surface area contributed by atoms with Crippen molar-refractivity contribution in [2.75, 3.05) is 37.5 Å². The fourth-order valence-electron chi connectivity index (χ4n) is 2.53. The van der Waals surface area contributed by atoms with Gasteiger partial charge in [0.15, 0.2) is 11.6 Å². The van der Waals surface area contributed by atoms with Gasteiger partial charge in [-0.3, -0.25) is 4.90 Å². The van der Waals surface area contributed by atoms with Gasteiger partial charge in [0.05, 0.1) is 7.11 Å². The number of likely N-dealkylation sites (tertiary alicyclic amines) is 1. The van der Waals surface area contributed by atoms with Crippen LogP contribution in [-0.4, -0.2) is 47.7 Å². The second kappa shape index (κ2) is 7.25. The Morgan fingerprint density at radius 3 is 2.65 bits per heavy atom. The van der Waals surface area contributed by atoms with Gasteiger partial charge in [0.1, 0.15) is 6.33 Å². The van der Waals surface area contributed by atoms with Gasteiger partial charge in [-0.05, 0) is 32.9 Å². The van der Waals surface area contributed by atoms with Crippen LogP contribution in [0.4, 0.5) is 11.6 Å². The lowest BCUT2D eigenvalue weighted by molar-refractivity contribution is 0.180. The van der Waals surface area contributed by atoms with Gasteiger partial charge in [0, 0.05) is 12.6 Å². The molecule has 0 aromatic carbocycles. The zero-order valence-corrected chi connectivity index (χ0v) is 12.2. The lowest BCUT2D eigenvalue weighted by Gasteiger charge is -2.32. The van der Waals surface area contributed by atoms with Gasteiger partial charge in [0.2, 0.25) is 5.75 Å². The van der Waals surface area contributed by atoms with Gasteiger partial charge in [-0.25, -0.2) is 15.8 Å². The molecule has 0 amide bonds. The van der Waals surface area contributed by atoms with Crippen molar-refractivity contribution < 1.29 is 4.74 Å². The quantitative estimate of drug-likeness (QED) is 0.530. The Labute approximate surface area is 119 Å². The third-order valence-corrected chi connectivity index (χ3v) is 3.72. The Morgan fingerprint density at radius 2 is 2.00 bits per heavy atom. The molecule has 1 unspecified atom stereocenters. The summed E-state index contributed by atoms with van der Waals surface area (Å²) in [5.41, 5.74) is 2.51. The molecular weight excluding hydrogens is 256 g/mol. The Hall–Kier alpha value is -1.60. The molecule has 1 saturated heterocycles. The number of ether oxygens (including phenoxy) is 1. The molecular formula is C13H24N6O. The van der Waals surface area contributed by atoms with Crippen molar-refractivity contribution in [1.29, 1.82) is 0 Å². The van der Waals surface area contributed by atoms with Crippen LogP contribution in [0.1, 0.15) is 26.2 Å².